The van der Waals surface area contributed by atoms with E-state index in [2.05, 4.69) is 0 Å². The summed E-state index contributed by atoms with van der Waals surface area (Å²) in [6.07, 6.45) is 0. The molecule has 2 aromatic rings. The normalized spacial score (nSPS) is 10.2. The van der Waals surface area contributed by atoms with E-state index in [1.165, 1.54) is 18.2 Å². The van der Waals surface area contributed by atoms with Crippen molar-refractivity contribution in [2.45, 2.75) is 0 Å². The molecule has 0 heterocycles. The van der Waals surface area contributed by atoms with Crippen LogP contribution in [0.25, 0.3) is 0 Å². The number of esters is 1. The van der Waals surface area contributed by atoms with Crippen molar-refractivity contribution < 1.29 is 23.2 Å². The Morgan fingerprint density at radius 3 is 2.52 bits per heavy atom. The molecule has 0 bridgehead atoms. The predicted octanol–water partition coefficient (Wildman–Crippen LogP) is 3.75. The fourth-order valence-corrected chi connectivity index (χ4v) is 1.73. The summed E-state index contributed by atoms with van der Waals surface area (Å²) in [6, 6.07) is 6.08. The van der Waals surface area contributed by atoms with Crippen LogP contribution >= 0.6 is 11.6 Å². The van der Waals surface area contributed by atoms with E-state index in [-0.39, 0.29) is 22.0 Å². The second kappa shape index (κ2) is 5.84. The number of carbonyl (C=O) groups is 1. The average Bonchev–Trinajstić information content (AvgIpc) is 2.43. The van der Waals surface area contributed by atoms with Gasteiger partial charge in [0.05, 0.1) is 21.6 Å². The molecule has 0 atom stereocenters. The molecule has 0 fully saturated rings. The van der Waals surface area contributed by atoms with E-state index in [1.54, 1.807) is 0 Å². The molecule has 0 aliphatic rings. The quantitative estimate of drug-likeness (QED) is 0.284. The molecule has 0 spiro atoms. The minimum Gasteiger partial charge on any atom is -0.423 e. The zero-order chi connectivity index (χ0) is 15.6. The molecule has 108 valence electrons. The number of benzene rings is 2. The molecule has 5 nitrogen and oxygen atoms in total. The lowest BCUT2D eigenvalue weighted by Crippen LogP contribution is -2.10. The van der Waals surface area contributed by atoms with Crippen LogP contribution in [0.1, 0.15) is 10.4 Å². The fourth-order valence-electron chi connectivity index (χ4n) is 1.50. The average molecular weight is 314 g/mol. The van der Waals surface area contributed by atoms with E-state index in [4.69, 9.17) is 16.3 Å². The van der Waals surface area contributed by atoms with Gasteiger partial charge >= 0.3 is 5.97 Å². The van der Waals surface area contributed by atoms with E-state index in [1.807, 2.05) is 0 Å². The molecule has 0 aromatic heterocycles. The molecule has 0 amide bonds. The van der Waals surface area contributed by atoms with Crippen LogP contribution in [-0.4, -0.2) is 10.9 Å². The molecule has 0 saturated carbocycles. The highest BCUT2D eigenvalue weighted by Crippen LogP contribution is 2.24. The topological polar surface area (TPSA) is 69.4 Å². The zero-order valence-corrected chi connectivity index (χ0v) is 10.9. The van der Waals surface area contributed by atoms with Crippen molar-refractivity contribution >= 4 is 23.3 Å². The Bertz CT molecular complexity index is 736. The number of nitrogens with zero attached hydrogens (tertiary/aromatic N) is 1. The zero-order valence-electron chi connectivity index (χ0n) is 10.2. The number of halogens is 3. The lowest BCUT2D eigenvalue weighted by molar-refractivity contribution is -0.384. The summed E-state index contributed by atoms with van der Waals surface area (Å²) in [4.78, 5) is 21.7. The Hall–Kier alpha value is -2.54. The molecular weight excluding hydrogens is 308 g/mol. The third-order valence-electron chi connectivity index (χ3n) is 2.47. The third-order valence-corrected chi connectivity index (χ3v) is 2.78. The Labute approximate surface area is 121 Å². The minimum atomic E-state index is -1.26. The van der Waals surface area contributed by atoms with Gasteiger partial charge in [-0.1, -0.05) is 17.7 Å². The van der Waals surface area contributed by atoms with Crippen LogP contribution in [-0.2, 0) is 0 Å². The first-order valence-corrected chi connectivity index (χ1v) is 5.87. The van der Waals surface area contributed by atoms with E-state index in [0.29, 0.717) is 12.1 Å². The van der Waals surface area contributed by atoms with E-state index in [9.17, 15) is 23.7 Å². The maximum absolute atomic E-state index is 13.1. The van der Waals surface area contributed by atoms with Crippen LogP contribution in [0.15, 0.2) is 36.4 Å². The van der Waals surface area contributed by atoms with Crippen molar-refractivity contribution in [1.29, 1.82) is 0 Å². The predicted molar refractivity (Wildman–Crippen MR) is 69.4 cm³/mol. The van der Waals surface area contributed by atoms with Gasteiger partial charge in [-0.2, -0.15) is 0 Å². The fraction of sp³-hybridized carbons (Fsp3) is 0. The molecule has 21 heavy (non-hydrogen) atoms. The van der Waals surface area contributed by atoms with Gasteiger partial charge in [-0.05, 0) is 18.2 Å². The highest BCUT2D eigenvalue weighted by molar-refractivity contribution is 6.33. The summed E-state index contributed by atoms with van der Waals surface area (Å²) >= 11 is 5.63. The summed E-state index contributed by atoms with van der Waals surface area (Å²) in [7, 11) is 0. The van der Waals surface area contributed by atoms with Gasteiger partial charge in [0.2, 0.25) is 0 Å². The monoisotopic (exact) mass is 313 g/mol. The van der Waals surface area contributed by atoms with E-state index >= 15 is 0 Å². The summed E-state index contributed by atoms with van der Waals surface area (Å²) in [5, 5.41) is 10.3. The first kappa shape index (κ1) is 14.9. The Morgan fingerprint density at radius 1 is 1.19 bits per heavy atom. The van der Waals surface area contributed by atoms with Gasteiger partial charge in [0.25, 0.3) is 5.69 Å². The van der Waals surface area contributed by atoms with Gasteiger partial charge in [0.15, 0.2) is 11.6 Å². The molecule has 2 rings (SSSR count). The second-order valence-corrected chi connectivity index (χ2v) is 4.30. The van der Waals surface area contributed by atoms with Crippen LogP contribution in [0, 0.1) is 21.7 Å². The minimum absolute atomic E-state index is 0.116. The first-order valence-electron chi connectivity index (χ1n) is 5.49. The van der Waals surface area contributed by atoms with Crippen molar-refractivity contribution in [3.8, 4) is 5.75 Å². The Balaban J connectivity index is 2.28. The lowest BCUT2D eigenvalue weighted by atomic mass is 10.2. The van der Waals surface area contributed by atoms with Crippen molar-refractivity contribution in [3.05, 3.63) is 68.7 Å². The van der Waals surface area contributed by atoms with Crippen LogP contribution in [0.3, 0.4) is 0 Å². The molecular formula is C13H6ClF2NO4. The van der Waals surface area contributed by atoms with Crippen molar-refractivity contribution in [2.24, 2.45) is 0 Å². The molecule has 0 saturated heterocycles. The molecule has 2 aromatic carbocycles. The smallest absolute Gasteiger partial charge is 0.345 e. The number of nitro benzene ring substituents is 1. The number of rotatable bonds is 3. The molecule has 0 radical (unpaired) electrons. The van der Waals surface area contributed by atoms with Gasteiger partial charge in [-0.15, -0.1) is 0 Å². The van der Waals surface area contributed by atoms with Crippen molar-refractivity contribution in [2.75, 3.05) is 0 Å². The summed E-state index contributed by atoms with van der Waals surface area (Å²) in [5.41, 5.74) is -0.668. The number of hydrogen-bond acceptors (Lipinski definition) is 4. The number of carbonyl (C=O) groups excluding carboxylic acids is 1. The first-order chi connectivity index (χ1) is 9.88. The lowest BCUT2D eigenvalue weighted by Gasteiger charge is -2.06. The second-order valence-electron chi connectivity index (χ2n) is 3.89. The highest BCUT2D eigenvalue weighted by atomic mass is 35.5. The number of ether oxygens (including phenoxy) is 1. The Kier molecular flexibility index (Phi) is 4.13. The largest absolute Gasteiger partial charge is 0.423 e. The SMILES string of the molecule is O=C(Oc1cccc([N+](=O)[O-])c1)c1cc(F)c(F)cc1Cl. The molecule has 0 aliphatic heterocycles. The van der Waals surface area contributed by atoms with Gasteiger partial charge in [-0.25, -0.2) is 13.6 Å². The van der Waals surface area contributed by atoms with Gasteiger partial charge in [0, 0.05) is 6.07 Å². The highest BCUT2D eigenvalue weighted by Gasteiger charge is 2.18. The molecule has 0 unspecified atom stereocenters. The number of nitro groups is 1. The maximum Gasteiger partial charge on any atom is 0.345 e. The van der Waals surface area contributed by atoms with Crippen LogP contribution in [0.5, 0.6) is 5.75 Å². The summed E-state index contributed by atoms with van der Waals surface area (Å²) in [5.74, 6) is -3.63. The van der Waals surface area contributed by atoms with E-state index in [0.717, 1.165) is 6.07 Å². The van der Waals surface area contributed by atoms with Gasteiger partial charge < -0.3 is 4.74 Å². The van der Waals surface area contributed by atoms with Gasteiger partial charge in [0.1, 0.15) is 5.75 Å². The van der Waals surface area contributed by atoms with Crippen molar-refractivity contribution in [3.63, 3.8) is 0 Å². The summed E-state index contributed by atoms with van der Waals surface area (Å²) < 4.78 is 30.9. The van der Waals surface area contributed by atoms with Crippen molar-refractivity contribution in [1.82, 2.24) is 0 Å². The molecule has 0 N–H and O–H groups in total. The molecule has 8 heteroatoms. The summed E-state index contributed by atoms with van der Waals surface area (Å²) in [6.45, 7) is 0. The number of non-ortho nitro benzene ring substituents is 1. The van der Waals surface area contributed by atoms with Crippen LogP contribution < -0.4 is 4.74 Å². The molecule has 0 aliphatic carbocycles. The third kappa shape index (κ3) is 3.32. The van der Waals surface area contributed by atoms with Gasteiger partial charge in [-0.3, -0.25) is 10.1 Å². The maximum atomic E-state index is 13.1. The van der Waals surface area contributed by atoms with E-state index < -0.39 is 22.5 Å². The Morgan fingerprint density at radius 2 is 1.86 bits per heavy atom. The standard InChI is InChI=1S/C13H6ClF2NO4/c14-10-6-12(16)11(15)5-9(10)13(18)21-8-3-1-2-7(4-8)17(19)20/h1-6H. The van der Waals surface area contributed by atoms with Crippen LogP contribution in [0.2, 0.25) is 5.02 Å². The van der Waals surface area contributed by atoms with Crippen LogP contribution in [0.4, 0.5) is 14.5 Å². The number of hydrogen-bond donors (Lipinski definition) is 0.